The Hall–Kier alpha value is -1.92. The lowest BCUT2D eigenvalue weighted by molar-refractivity contribution is -0.240. The van der Waals surface area contributed by atoms with Gasteiger partial charge in [0.25, 0.3) is 0 Å². The molecule has 1 heterocycles. The maximum absolute atomic E-state index is 12.2. The summed E-state index contributed by atoms with van der Waals surface area (Å²) in [5, 5.41) is 1.70. The Balaban J connectivity index is 2.12. The van der Waals surface area contributed by atoms with Crippen LogP contribution in [0.4, 0.5) is 0 Å². The fraction of sp³-hybridized carbons (Fsp3) is 0.500. The molecule has 6 nitrogen and oxygen atoms in total. The van der Waals surface area contributed by atoms with E-state index in [1.807, 2.05) is 30.3 Å². The van der Waals surface area contributed by atoms with Crippen LogP contribution >= 0.6 is 0 Å². The SMILES string of the molecule is COC(=O)[C@]1([C@@H](C)OC(C)=O)CCN(Cc2ccccc2)O1. The second-order valence-corrected chi connectivity index (χ2v) is 5.32. The predicted octanol–water partition coefficient (Wildman–Crippen LogP) is 1.69. The molecule has 0 radical (unpaired) electrons. The Kier molecular flexibility index (Phi) is 5.15. The van der Waals surface area contributed by atoms with Crippen molar-refractivity contribution in [2.45, 2.75) is 38.5 Å². The number of carbonyl (C=O) groups is 2. The van der Waals surface area contributed by atoms with Crippen molar-refractivity contribution in [3.63, 3.8) is 0 Å². The Morgan fingerprint density at radius 1 is 1.36 bits per heavy atom. The van der Waals surface area contributed by atoms with E-state index in [2.05, 4.69) is 0 Å². The van der Waals surface area contributed by atoms with Crippen molar-refractivity contribution in [3.8, 4) is 0 Å². The molecule has 22 heavy (non-hydrogen) atoms. The molecular formula is C16H21NO5. The monoisotopic (exact) mass is 307 g/mol. The molecule has 6 heteroatoms. The summed E-state index contributed by atoms with van der Waals surface area (Å²) in [7, 11) is 1.30. The average Bonchev–Trinajstić information content (AvgIpc) is 2.92. The minimum atomic E-state index is -1.28. The topological polar surface area (TPSA) is 65.1 Å². The van der Waals surface area contributed by atoms with Gasteiger partial charge in [0.1, 0.15) is 6.10 Å². The smallest absolute Gasteiger partial charge is 0.344 e. The minimum Gasteiger partial charge on any atom is -0.467 e. The second kappa shape index (κ2) is 6.89. The van der Waals surface area contributed by atoms with Gasteiger partial charge in [-0.2, -0.15) is 5.06 Å². The van der Waals surface area contributed by atoms with Crippen LogP contribution in [0.25, 0.3) is 0 Å². The van der Waals surface area contributed by atoms with Crippen LogP contribution in [-0.2, 0) is 30.4 Å². The van der Waals surface area contributed by atoms with E-state index in [9.17, 15) is 9.59 Å². The van der Waals surface area contributed by atoms with Gasteiger partial charge < -0.3 is 9.47 Å². The largest absolute Gasteiger partial charge is 0.467 e. The number of benzene rings is 1. The Morgan fingerprint density at radius 3 is 2.64 bits per heavy atom. The molecule has 0 amide bonds. The summed E-state index contributed by atoms with van der Waals surface area (Å²) >= 11 is 0. The van der Waals surface area contributed by atoms with Crippen molar-refractivity contribution < 1.29 is 23.9 Å². The quantitative estimate of drug-likeness (QED) is 0.771. The van der Waals surface area contributed by atoms with Gasteiger partial charge in [-0.1, -0.05) is 30.3 Å². The van der Waals surface area contributed by atoms with Crippen molar-refractivity contribution >= 4 is 11.9 Å². The van der Waals surface area contributed by atoms with E-state index in [1.165, 1.54) is 14.0 Å². The molecule has 0 N–H and O–H groups in total. The lowest BCUT2D eigenvalue weighted by atomic mass is 9.94. The molecule has 0 bridgehead atoms. The number of hydrogen-bond acceptors (Lipinski definition) is 6. The highest BCUT2D eigenvalue weighted by atomic mass is 16.7. The third kappa shape index (κ3) is 3.45. The van der Waals surface area contributed by atoms with Crippen LogP contribution < -0.4 is 0 Å². The summed E-state index contributed by atoms with van der Waals surface area (Å²) in [6.45, 7) is 4.05. The molecule has 1 aliphatic heterocycles. The summed E-state index contributed by atoms with van der Waals surface area (Å²) < 4.78 is 10.0. The highest BCUT2D eigenvalue weighted by molar-refractivity contribution is 5.81. The molecule has 1 aromatic rings. The summed E-state index contributed by atoms with van der Waals surface area (Å²) in [4.78, 5) is 29.2. The number of ether oxygens (including phenoxy) is 2. The van der Waals surface area contributed by atoms with E-state index in [0.29, 0.717) is 19.5 Å². The van der Waals surface area contributed by atoms with Gasteiger partial charge >= 0.3 is 11.9 Å². The number of rotatable bonds is 5. The van der Waals surface area contributed by atoms with Gasteiger partial charge in [-0.3, -0.25) is 9.63 Å². The van der Waals surface area contributed by atoms with Crippen LogP contribution in [0.15, 0.2) is 30.3 Å². The van der Waals surface area contributed by atoms with Crippen LogP contribution in [0.5, 0.6) is 0 Å². The zero-order chi connectivity index (χ0) is 16.2. The molecule has 1 aliphatic rings. The van der Waals surface area contributed by atoms with E-state index in [0.717, 1.165) is 5.56 Å². The van der Waals surface area contributed by atoms with E-state index < -0.39 is 23.6 Å². The van der Waals surface area contributed by atoms with Crippen LogP contribution in [0.3, 0.4) is 0 Å². The Morgan fingerprint density at radius 2 is 2.05 bits per heavy atom. The summed E-state index contributed by atoms with van der Waals surface area (Å²) in [6, 6.07) is 9.80. The molecule has 2 rings (SSSR count). The molecule has 0 spiro atoms. The van der Waals surface area contributed by atoms with Crippen molar-refractivity contribution in [1.29, 1.82) is 0 Å². The first-order chi connectivity index (χ1) is 10.5. The molecule has 0 aromatic heterocycles. The van der Waals surface area contributed by atoms with Crippen LogP contribution in [0, 0.1) is 0 Å². The normalized spacial score (nSPS) is 23.0. The first kappa shape index (κ1) is 16.5. The zero-order valence-electron chi connectivity index (χ0n) is 13.1. The molecule has 1 fully saturated rings. The Labute approximate surface area is 129 Å². The van der Waals surface area contributed by atoms with Gasteiger partial charge in [0.15, 0.2) is 0 Å². The highest BCUT2D eigenvalue weighted by Crippen LogP contribution is 2.33. The number of methoxy groups -OCH3 is 1. The number of hydroxylamine groups is 2. The molecule has 1 aromatic carbocycles. The van der Waals surface area contributed by atoms with Crippen molar-refractivity contribution in [2.75, 3.05) is 13.7 Å². The zero-order valence-corrected chi connectivity index (χ0v) is 13.1. The van der Waals surface area contributed by atoms with Crippen molar-refractivity contribution in [3.05, 3.63) is 35.9 Å². The number of hydrogen-bond donors (Lipinski definition) is 0. The number of carbonyl (C=O) groups excluding carboxylic acids is 2. The maximum atomic E-state index is 12.2. The van der Waals surface area contributed by atoms with Crippen molar-refractivity contribution in [2.24, 2.45) is 0 Å². The standard InChI is InChI=1S/C16H21NO5/c1-12(21-13(2)18)16(15(19)20-3)9-10-17(22-16)11-14-7-5-4-6-8-14/h4-8,12H,9-11H2,1-3H3/t12-,16-/m1/s1. The van der Waals surface area contributed by atoms with Gasteiger partial charge in [0, 0.05) is 26.4 Å². The molecule has 1 saturated heterocycles. The fourth-order valence-corrected chi connectivity index (χ4v) is 2.61. The third-order valence-corrected chi connectivity index (χ3v) is 3.76. The summed E-state index contributed by atoms with van der Waals surface area (Å²) in [6.07, 6.45) is -0.320. The predicted molar refractivity (Wildman–Crippen MR) is 78.5 cm³/mol. The van der Waals surface area contributed by atoms with Crippen LogP contribution in [-0.4, -0.2) is 42.4 Å². The van der Waals surface area contributed by atoms with Gasteiger partial charge in [0.05, 0.1) is 7.11 Å². The summed E-state index contributed by atoms with van der Waals surface area (Å²) in [5.74, 6) is -0.988. The first-order valence-corrected chi connectivity index (χ1v) is 7.21. The second-order valence-electron chi connectivity index (χ2n) is 5.32. The molecule has 0 unspecified atom stereocenters. The van der Waals surface area contributed by atoms with E-state index in [1.54, 1.807) is 12.0 Å². The maximum Gasteiger partial charge on any atom is 0.344 e. The van der Waals surface area contributed by atoms with Gasteiger partial charge in [-0.25, -0.2) is 4.79 Å². The molecular weight excluding hydrogens is 286 g/mol. The molecule has 0 aliphatic carbocycles. The van der Waals surface area contributed by atoms with Crippen LogP contribution in [0.2, 0.25) is 0 Å². The Bertz CT molecular complexity index is 533. The average molecular weight is 307 g/mol. The molecule has 2 atom stereocenters. The molecule has 0 saturated carbocycles. The van der Waals surface area contributed by atoms with Crippen LogP contribution in [0.1, 0.15) is 25.8 Å². The van der Waals surface area contributed by atoms with E-state index in [-0.39, 0.29) is 0 Å². The van der Waals surface area contributed by atoms with Gasteiger partial charge in [-0.05, 0) is 12.5 Å². The molecule has 120 valence electrons. The van der Waals surface area contributed by atoms with E-state index in [4.69, 9.17) is 14.3 Å². The first-order valence-electron chi connectivity index (χ1n) is 7.21. The summed E-state index contributed by atoms with van der Waals surface area (Å²) in [5.41, 5.74) is -0.210. The fourth-order valence-electron chi connectivity index (χ4n) is 2.61. The van der Waals surface area contributed by atoms with Gasteiger partial charge in [-0.15, -0.1) is 0 Å². The lowest BCUT2D eigenvalue weighted by Crippen LogP contribution is -2.51. The van der Waals surface area contributed by atoms with Crippen molar-refractivity contribution in [1.82, 2.24) is 5.06 Å². The third-order valence-electron chi connectivity index (χ3n) is 3.76. The number of esters is 2. The van der Waals surface area contributed by atoms with E-state index >= 15 is 0 Å². The lowest BCUT2D eigenvalue weighted by Gasteiger charge is -2.31. The minimum absolute atomic E-state index is 0.404. The number of nitrogens with zero attached hydrogens (tertiary/aromatic N) is 1. The highest BCUT2D eigenvalue weighted by Gasteiger charge is 2.53. The van der Waals surface area contributed by atoms with Gasteiger partial charge in [0.2, 0.25) is 5.60 Å².